The smallest absolute Gasteiger partial charge is 0.338 e. The molecule has 14 heteroatoms. The summed E-state index contributed by atoms with van der Waals surface area (Å²) < 4.78 is 38.5. The summed E-state index contributed by atoms with van der Waals surface area (Å²) in [6.07, 6.45) is 5.37. The van der Waals surface area contributed by atoms with Crippen molar-refractivity contribution in [3.63, 3.8) is 0 Å². The summed E-state index contributed by atoms with van der Waals surface area (Å²) in [6, 6.07) is 0. The fourth-order valence-corrected chi connectivity index (χ4v) is 6.14. The van der Waals surface area contributed by atoms with Crippen LogP contribution in [-0.2, 0) is 39.4 Å². The van der Waals surface area contributed by atoms with Crippen LogP contribution in [0.15, 0.2) is 12.7 Å². The molecule has 0 aliphatic heterocycles. The van der Waals surface area contributed by atoms with Crippen molar-refractivity contribution < 1.29 is 32.9 Å². The molecule has 2 heterocycles. The summed E-state index contributed by atoms with van der Waals surface area (Å²) in [5.41, 5.74) is 3.86. The van der Waals surface area contributed by atoms with E-state index < -0.39 is 49.2 Å². The van der Waals surface area contributed by atoms with Gasteiger partial charge in [-0.2, -0.15) is 0 Å². The minimum Gasteiger partial charge on any atom is -0.464 e. The Morgan fingerprint density at radius 1 is 1.07 bits per heavy atom. The Kier molecular flexibility index (Phi) is 12.0. The molecular weight excluding hydrogens is 539 g/mol. The Hall–Kier alpha value is -2.60. The van der Waals surface area contributed by atoms with Crippen LogP contribution >= 0.6 is 7.52 Å². The zero-order valence-electron chi connectivity index (χ0n) is 24.9. The number of hydrogen-bond donors (Lipinski definition) is 2. The molecule has 0 amide bonds. The van der Waals surface area contributed by atoms with Crippen molar-refractivity contribution in [3.8, 4) is 0 Å². The highest BCUT2D eigenvalue weighted by atomic mass is 31.2. The first-order valence-corrected chi connectivity index (χ1v) is 15.4. The zero-order valence-corrected chi connectivity index (χ0v) is 25.8. The maximum Gasteiger partial charge on any atom is 0.338 e. The van der Waals surface area contributed by atoms with E-state index in [2.05, 4.69) is 27.0 Å². The number of nitrogen functional groups attached to an aromatic ring is 1. The molecular formula is C26H45N6O7P. The first kappa shape index (κ1) is 33.6. The van der Waals surface area contributed by atoms with Gasteiger partial charge in [-0.3, -0.25) is 13.9 Å². The van der Waals surface area contributed by atoms with Gasteiger partial charge in [0, 0.05) is 0 Å². The molecule has 0 saturated carbocycles. The Morgan fingerprint density at radius 3 is 2.42 bits per heavy atom. The van der Waals surface area contributed by atoms with Crippen LogP contribution in [-0.4, -0.2) is 67.8 Å². The van der Waals surface area contributed by atoms with Crippen molar-refractivity contribution in [3.05, 3.63) is 12.7 Å². The average Bonchev–Trinajstić information content (AvgIpc) is 3.25. The quantitative estimate of drug-likeness (QED) is 0.155. The van der Waals surface area contributed by atoms with E-state index >= 15 is 0 Å². The molecule has 0 fully saturated rings. The maximum absolute atomic E-state index is 14.2. The highest BCUT2D eigenvalue weighted by Gasteiger charge is 2.44. The molecule has 0 aliphatic rings. The lowest BCUT2D eigenvalue weighted by Crippen LogP contribution is -2.49. The standard InChI is InChI=1S/C26H45N6O7P/c1-9-10-11-12-13-36-23(33)25(5,6)31-40(35,39-26(7,8)24(34)38-18(2)3)17-37-19(4)14-32-16-30-20-21(27)28-15-29-22(20)32/h15-16,18-19H,9-14,17H2,1-8H3,(H,31,35)(H2,27,28,29)/t19-,40?/m1/s1. The predicted octanol–water partition coefficient (Wildman–Crippen LogP) is 4.20. The lowest BCUT2D eigenvalue weighted by Gasteiger charge is -2.34. The molecule has 40 heavy (non-hydrogen) atoms. The van der Waals surface area contributed by atoms with E-state index in [1.165, 1.54) is 20.2 Å². The molecule has 0 saturated heterocycles. The number of unbranched alkanes of at least 4 members (excludes halogenated alkanes) is 3. The third-order valence-electron chi connectivity index (χ3n) is 5.81. The molecule has 0 aromatic carbocycles. The lowest BCUT2D eigenvalue weighted by atomic mass is 10.1. The highest BCUT2D eigenvalue weighted by Crippen LogP contribution is 2.49. The summed E-state index contributed by atoms with van der Waals surface area (Å²) in [7, 11) is -4.01. The van der Waals surface area contributed by atoms with E-state index in [4.69, 9.17) is 24.5 Å². The number of nitrogens with two attached hydrogens (primary N) is 1. The average molecular weight is 585 g/mol. The lowest BCUT2D eigenvalue weighted by molar-refractivity contribution is -0.163. The minimum atomic E-state index is -4.01. The number of aromatic nitrogens is 4. The Bertz CT molecular complexity index is 1180. The van der Waals surface area contributed by atoms with Crippen LogP contribution in [0, 0.1) is 0 Å². The second-order valence-electron chi connectivity index (χ2n) is 11.1. The predicted molar refractivity (Wildman–Crippen MR) is 151 cm³/mol. The van der Waals surface area contributed by atoms with Gasteiger partial charge in [-0.1, -0.05) is 26.2 Å². The first-order valence-electron chi connectivity index (χ1n) is 13.6. The number of imidazole rings is 1. The van der Waals surface area contributed by atoms with Gasteiger partial charge < -0.3 is 24.5 Å². The van der Waals surface area contributed by atoms with E-state index in [0.29, 0.717) is 17.7 Å². The molecule has 0 bridgehead atoms. The maximum atomic E-state index is 14.2. The van der Waals surface area contributed by atoms with Crippen molar-refractivity contribution in [2.45, 2.75) is 111 Å². The van der Waals surface area contributed by atoms with Crippen LogP contribution in [0.2, 0.25) is 0 Å². The summed E-state index contributed by atoms with van der Waals surface area (Å²) in [4.78, 5) is 38.0. The van der Waals surface area contributed by atoms with Gasteiger partial charge in [0.05, 0.1) is 31.7 Å². The molecule has 1 unspecified atom stereocenters. The van der Waals surface area contributed by atoms with Crippen LogP contribution in [0.1, 0.15) is 81.1 Å². The highest BCUT2D eigenvalue weighted by molar-refractivity contribution is 7.56. The van der Waals surface area contributed by atoms with Crippen LogP contribution < -0.4 is 10.8 Å². The van der Waals surface area contributed by atoms with Gasteiger partial charge in [0.25, 0.3) is 7.52 Å². The number of nitrogens with zero attached hydrogens (tertiary/aromatic N) is 4. The number of nitrogens with one attached hydrogen (secondary N) is 1. The molecule has 0 radical (unpaired) electrons. The van der Waals surface area contributed by atoms with E-state index in [1.54, 1.807) is 45.5 Å². The molecule has 0 spiro atoms. The van der Waals surface area contributed by atoms with Crippen molar-refractivity contribution in [1.82, 2.24) is 24.6 Å². The fourth-order valence-electron chi connectivity index (χ4n) is 3.78. The number of rotatable bonds is 17. The third kappa shape index (κ3) is 9.79. The summed E-state index contributed by atoms with van der Waals surface area (Å²) >= 11 is 0. The van der Waals surface area contributed by atoms with Gasteiger partial charge in [-0.15, -0.1) is 0 Å². The van der Waals surface area contributed by atoms with Crippen LogP contribution in [0.25, 0.3) is 11.2 Å². The van der Waals surface area contributed by atoms with E-state index in [-0.39, 0.29) is 12.4 Å². The molecule has 0 aliphatic carbocycles. The third-order valence-corrected chi connectivity index (χ3v) is 7.95. The molecule has 2 aromatic heterocycles. The van der Waals surface area contributed by atoms with Crippen molar-refractivity contribution >= 4 is 36.4 Å². The van der Waals surface area contributed by atoms with Gasteiger partial charge in [0.1, 0.15) is 23.7 Å². The Labute approximate surface area is 236 Å². The number of ether oxygens (including phenoxy) is 3. The van der Waals surface area contributed by atoms with Gasteiger partial charge >= 0.3 is 11.9 Å². The van der Waals surface area contributed by atoms with E-state index in [1.807, 2.05) is 0 Å². The first-order chi connectivity index (χ1) is 18.6. The molecule has 2 rings (SSSR count). The zero-order chi connectivity index (χ0) is 30.1. The monoisotopic (exact) mass is 584 g/mol. The number of anilines is 1. The summed E-state index contributed by atoms with van der Waals surface area (Å²) in [5.74, 6) is -1.03. The second kappa shape index (κ2) is 14.3. The van der Waals surface area contributed by atoms with Crippen LogP contribution in [0.5, 0.6) is 0 Å². The van der Waals surface area contributed by atoms with E-state index in [0.717, 1.165) is 25.7 Å². The molecule has 3 N–H and O–H groups in total. The van der Waals surface area contributed by atoms with Gasteiger partial charge in [-0.05, 0) is 54.9 Å². The SMILES string of the molecule is CCCCCCOC(=O)C(C)(C)NP(=O)(CO[C@H](C)Cn1cnc2c(N)ncnc21)OC(C)(C)C(=O)OC(C)C. The van der Waals surface area contributed by atoms with Crippen molar-refractivity contribution in [1.29, 1.82) is 0 Å². The number of hydrogen-bond acceptors (Lipinski definition) is 11. The number of esters is 2. The largest absolute Gasteiger partial charge is 0.464 e. The minimum absolute atomic E-state index is 0.252. The molecule has 2 aromatic rings. The van der Waals surface area contributed by atoms with Crippen molar-refractivity contribution in [2.75, 3.05) is 18.7 Å². The Balaban J connectivity index is 2.18. The van der Waals surface area contributed by atoms with Gasteiger partial charge in [-0.25, -0.2) is 24.8 Å². The van der Waals surface area contributed by atoms with Crippen LogP contribution in [0.4, 0.5) is 5.82 Å². The fraction of sp³-hybridized carbons (Fsp3) is 0.731. The summed E-state index contributed by atoms with van der Waals surface area (Å²) in [6.45, 7) is 13.8. The topological polar surface area (TPSA) is 170 Å². The number of fused-ring (bicyclic) bond motifs is 1. The van der Waals surface area contributed by atoms with E-state index in [9.17, 15) is 14.2 Å². The van der Waals surface area contributed by atoms with Crippen LogP contribution in [0.3, 0.4) is 0 Å². The Morgan fingerprint density at radius 2 is 1.77 bits per heavy atom. The second-order valence-corrected chi connectivity index (χ2v) is 13.1. The molecule has 226 valence electrons. The molecule has 13 nitrogen and oxygen atoms in total. The normalized spacial score (nSPS) is 14.7. The van der Waals surface area contributed by atoms with Gasteiger partial charge in [0.2, 0.25) is 0 Å². The number of carbonyl (C=O) groups is 2. The summed E-state index contributed by atoms with van der Waals surface area (Å²) in [5, 5.41) is 2.81. The number of carbonyl (C=O) groups excluding carboxylic acids is 2. The van der Waals surface area contributed by atoms with Gasteiger partial charge in [0.15, 0.2) is 17.1 Å². The van der Waals surface area contributed by atoms with Crippen molar-refractivity contribution in [2.24, 2.45) is 0 Å². The molecule has 2 atom stereocenters.